The number of benzene rings is 1. The normalized spacial score (nSPS) is 18.7. The van der Waals surface area contributed by atoms with E-state index >= 15 is 0 Å². The van der Waals surface area contributed by atoms with E-state index in [-0.39, 0.29) is 5.91 Å². The second-order valence-electron chi connectivity index (χ2n) is 6.91. The Hall–Kier alpha value is -1.35. The Bertz CT molecular complexity index is 450. The van der Waals surface area contributed by atoms with Gasteiger partial charge in [0.05, 0.1) is 0 Å². The third-order valence-electron chi connectivity index (χ3n) is 4.58. The Labute approximate surface area is 128 Å². The van der Waals surface area contributed by atoms with Crippen LogP contribution in [0.5, 0.6) is 0 Å². The molecule has 1 aliphatic rings. The number of hydrogen-bond donors (Lipinski definition) is 2. The molecule has 0 heterocycles. The van der Waals surface area contributed by atoms with Gasteiger partial charge in [-0.05, 0) is 36.2 Å². The van der Waals surface area contributed by atoms with Crippen LogP contribution >= 0.6 is 0 Å². The van der Waals surface area contributed by atoms with Crippen molar-refractivity contribution in [1.29, 1.82) is 0 Å². The van der Waals surface area contributed by atoms with Crippen LogP contribution in [0.1, 0.15) is 57.6 Å². The van der Waals surface area contributed by atoms with Crippen molar-refractivity contribution < 1.29 is 4.79 Å². The van der Waals surface area contributed by atoms with Gasteiger partial charge in [0.2, 0.25) is 5.91 Å². The summed E-state index contributed by atoms with van der Waals surface area (Å²) in [7, 11) is 0. The van der Waals surface area contributed by atoms with Crippen molar-refractivity contribution >= 4 is 5.91 Å². The zero-order valence-corrected chi connectivity index (χ0v) is 13.3. The standard InChI is InChI=1S/C18H28N2O/c1-14(2)12-18(10-6-7-11-18)13-20-17(21)16(19)15-8-4-3-5-9-15/h3-5,8-9,14,16H,6-7,10-13,19H2,1-2H3,(H,20,21). The minimum Gasteiger partial charge on any atom is -0.354 e. The van der Waals surface area contributed by atoms with Crippen molar-refractivity contribution in [3.05, 3.63) is 35.9 Å². The zero-order chi connectivity index (χ0) is 15.3. The molecular formula is C18H28N2O. The molecule has 3 nitrogen and oxygen atoms in total. The fourth-order valence-electron chi connectivity index (χ4n) is 3.64. The van der Waals surface area contributed by atoms with Gasteiger partial charge in [0.1, 0.15) is 6.04 Å². The smallest absolute Gasteiger partial charge is 0.241 e. The van der Waals surface area contributed by atoms with Gasteiger partial charge in [-0.3, -0.25) is 4.79 Å². The molecule has 1 aromatic carbocycles. The SMILES string of the molecule is CC(C)CC1(CNC(=O)C(N)c2ccccc2)CCCC1. The highest BCUT2D eigenvalue weighted by molar-refractivity contribution is 5.82. The van der Waals surface area contributed by atoms with Crippen molar-refractivity contribution in [2.24, 2.45) is 17.1 Å². The molecule has 0 bridgehead atoms. The van der Waals surface area contributed by atoms with Gasteiger partial charge in [-0.1, -0.05) is 57.0 Å². The molecule has 2 rings (SSSR count). The number of hydrogen-bond acceptors (Lipinski definition) is 2. The van der Waals surface area contributed by atoms with Gasteiger partial charge in [0.25, 0.3) is 0 Å². The minimum atomic E-state index is -0.566. The van der Waals surface area contributed by atoms with Crippen molar-refractivity contribution in [2.75, 3.05) is 6.54 Å². The molecule has 0 aliphatic heterocycles. The van der Waals surface area contributed by atoms with Crippen molar-refractivity contribution in [2.45, 2.75) is 52.0 Å². The quantitative estimate of drug-likeness (QED) is 0.843. The lowest BCUT2D eigenvalue weighted by Crippen LogP contribution is -2.41. The fourth-order valence-corrected chi connectivity index (χ4v) is 3.64. The summed E-state index contributed by atoms with van der Waals surface area (Å²) in [6.45, 7) is 5.29. The van der Waals surface area contributed by atoms with E-state index in [1.807, 2.05) is 30.3 Å². The topological polar surface area (TPSA) is 55.1 Å². The number of amides is 1. The predicted octanol–water partition coefficient (Wildman–Crippen LogP) is 3.41. The molecular weight excluding hydrogens is 260 g/mol. The van der Waals surface area contributed by atoms with Gasteiger partial charge in [-0.2, -0.15) is 0 Å². The lowest BCUT2D eigenvalue weighted by Gasteiger charge is -2.31. The van der Waals surface area contributed by atoms with Gasteiger partial charge < -0.3 is 11.1 Å². The van der Waals surface area contributed by atoms with Crippen LogP contribution in [-0.4, -0.2) is 12.5 Å². The lowest BCUT2D eigenvalue weighted by atomic mass is 9.78. The Balaban J connectivity index is 1.93. The van der Waals surface area contributed by atoms with Crippen LogP contribution in [0.3, 0.4) is 0 Å². The molecule has 1 atom stereocenters. The molecule has 1 fully saturated rings. The van der Waals surface area contributed by atoms with E-state index in [0.29, 0.717) is 11.3 Å². The Morgan fingerprint density at radius 1 is 1.24 bits per heavy atom. The van der Waals surface area contributed by atoms with E-state index in [1.54, 1.807) is 0 Å². The molecule has 0 aromatic heterocycles. The fraction of sp³-hybridized carbons (Fsp3) is 0.611. The maximum absolute atomic E-state index is 12.3. The van der Waals surface area contributed by atoms with E-state index in [0.717, 1.165) is 12.1 Å². The van der Waals surface area contributed by atoms with Crippen molar-refractivity contribution in [3.8, 4) is 0 Å². The molecule has 1 saturated carbocycles. The first-order valence-corrected chi connectivity index (χ1v) is 8.11. The highest BCUT2D eigenvalue weighted by Gasteiger charge is 2.35. The molecule has 21 heavy (non-hydrogen) atoms. The highest BCUT2D eigenvalue weighted by atomic mass is 16.2. The van der Waals surface area contributed by atoms with Crippen LogP contribution < -0.4 is 11.1 Å². The van der Waals surface area contributed by atoms with Crippen LogP contribution in [0.4, 0.5) is 0 Å². The van der Waals surface area contributed by atoms with Gasteiger partial charge in [-0.25, -0.2) is 0 Å². The maximum atomic E-state index is 12.3. The average Bonchev–Trinajstić information content (AvgIpc) is 2.93. The summed E-state index contributed by atoms with van der Waals surface area (Å²) in [6.07, 6.45) is 6.21. The molecule has 1 aromatic rings. The first-order valence-electron chi connectivity index (χ1n) is 8.11. The van der Waals surface area contributed by atoms with Crippen molar-refractivity contribution in [3.63, 3.8) is 0 Å². The summed E-state index contributed by atoms with van der Waals surface area (Å²) in [6, 6.07) is 9.01. The zero-order valence-electron chi connectivity index (χ0n) is 13.3. The Morgan fingerprint density at radius 2 is 1.86 bits per heavy atom. The van der Waals surface area contributed by atoms with E-state index < -0.39 is 6.04 Å². The molecule has 1 unspecified atom stereocenters. The number of carbonyl (C=O) groups excluding carboxylic acids is 1. The van der Waals surface area contributed by atoms with Gasteiger partial charge in [0.15, 0.2) is 0 Å². The summed E-state index contributed by atoms with van der Waals surface area (Å²) >= 11 is 0. The molecule has 0 radical (unpaired) electrons. The summed E-state index contributed by atoms with van der Waals surface area (Å²) in [5.41, 5.74) is 7.22. The van der Waals surface area contributed by atoms with Crippen LogP contribution in [0, 0.1) is 11.3 Å². The third-order valence-corrected chi connectivity index (χ3v) is 4.58. The van der Waals surface area contributed by atoms with E-state index in [4.69, 9.17) is 5.73 Å². The molecule has 3 N–H and O–H groups in total. The third kappa shape index (κ3) is 4.31. The molecule has 1 aliphatic carbocycles. The Morgan fingerprint density at radius 3 is 2.43 bits per heavy atom. The molecule has 0 spiro atoms. The van der Waals surface area contributed by atoms with Crippen LogP contribution in [0.25, 0.3) is 0 Å². The average molecular weight is 288 g/mol. The first-order chi connectivity index (χ1) is 10.0. The van der Waals surface area contributed by atoms with E-state index in [1.165, 1.54) is 32.1 Å². The largest absolute Gasteiger partial charge is 0.354 e. The second kappa shape index (κ2) is 7.08. The van der Waals surface area contributed by atoms with E-state index in [9.17, 15) is 4.79 Å². The van der Waals surface area contributed by atoms with Crippen LogP contribution in [0.2, 0.25) is 0 Å². The summed E-state index contributed by atoms with van der Waals surface area (Å²) < 4.78 is 0. The molecule has 1 amide bonds. The molecule has 116 valence electrons. The summed E-state index contributed by atoms with van der Waals surface area (Å²) in [5, 5.41) is 3.11. The first kappa shape index (κ1) is 16.0. The maximum Gasteiger partial charge on any atom is 0.241 e. The van der Waals surface area contributed by atoms with Crippen molar-refractivity contribution in [1.82, 2.24) is 5.32 Å². The number of carbonyl (C=O) groups is 1. The number of nitrogens with two attached hydrogens (primary N) is 1. The second-order valence-corrected chi connectivity index (χ2v) is 6.91. The molecule has 0 saturated heterocycles. The highest BCUT2D eigenvalue weighted by Crippen LogP contribution is 2.42. The summed E-state index contributed by atoms with van der Waals surface area (Å²) in [4.78, 5) is 12.3. The van der Waals surface area contributed by atoms with Crippen LogP contribution in [-0.2, 0) is 4.79 Å². The van der Waals surface area contributed by atoms with E-state index in [2.05, 4.69) is 19.2 Å². The van der Waals surface area contributed by atoms with Gasteiger partial charge in [0, 0.05) is 6.54 Å². The number of nitrogens with one attached hydrogen (secondary N) is 1. The minimum absolute atomic E-state index is 0.0590. The monoisotopic (exact) mass is 288 g/mol. The molecule has 3 heteroatoms. The lowest BCUT2D eigenvalue weighted by molar-refractivity contribution is -0.123. The van der Waals surface area contributed by atoms with Gasteiger partial charge >= 0.3 is 0 Å². The Kier molecular flexibility index (Phi) is 5.40. The van der Waals surface area contributed by atoms with Gasteiger partial charge in [-0.15, -0.1) is 0 Å². The summed E-state index contributed by atoms with van der Waals surface area (Å²) in [5.74, 6) is 0.610. The predicted molar refractivity (Wildman–Crippen MR) is 86.7 cm³/mol. The van der Waals surface area contributed by atoms with Crippen LogP contribution in [0.15, 0.2) is 30.3 Å². The number of rotatable bonds is 6.